The normalized spacial score (nSPS) is 12.4. The van der Waals surface area contributed by atoms with Gasteiger partial charge >= 0.3 is 0 Å². The van der Waals surface area contributed by atoms with Crippen molar-refractivity contribution in [1.29, 1.82) is 0 Å². The highest BCUT2D eigenvalue weighted by atomic mass is 35.7. The van der Waals surface area contributed by atoms with E-state index in [0.29, 0.717) is 18.2 Å². The van der Waals surface area contributed by atoms with E-state index in [2.05, 4.69) is 10.2 Å². The van der Waals surface area contributed by atoms with Crippen LogP contribution < -0.4 is 0 Å². The largest absolute Gasteiger partial charge is 0.304 e. The molecule has 0 N–H and O–H groups in total. The lowest BCUT2D eigenvalue weighted by Crippen LogP contribution is -2.07. The van der Waals surface area contributed by atoms with Crippen molar-refractivity contribution in [2.24, 2.45) is 13.0 Å². The quantitative estimate of drug-likeness (QED) is 0.734. The zero-order valence-electron chi connectivity index (χ0n) is 8.23. The topological polar surface area (TPSA) is 64.8 Å². The third-order valence-electron chi connectivity index (χ3n) is 1.73. The van der Waals surface area contributed by atoms with Gasteiger partial charge in [-0.05, 0) is 5.92 Å². The Hall–Kier alpha value is -0.620. The number of rotatable bonds is 3. The van der Waals surface area contributed by atoms with Gasteiger partial charge < -0.3 is 4.57 Å². The molecule has 1 heterocycles. The Balaban J connectivity index is 3.09. The van der Waals surface area contributed by atoms with Crippen molar-refractivity contribution in [2.45, 2.75) is 25.4 Å². The fourth-order valence-electron chi connectivity index (χ4n) is 1.10. The minimum absolute atomic E-state index is 0.199. The van der Waals surface area contributed by atoms with Crippen molar-refractivity contribution in [3.05, 3.63) is 5.82 Å². The van der Waals surface area contributed by atoms with Crippen LogP contribution in [0.2, 0.25) is 0 Å². The molecule has 0 aliphatic rings. The summed E-state index contributed by atoms with van der Waals surface area (Å²) in [4.78, 5) is 0. The second-order valence-electron chi connectivity index (χ2n) is 3.49. The first-order valence-electron chi connectivity index (χ1n) is 4.15. The highest BCUT2D eigenvalue weighted by molar-refractivity contribution is 8.13. The van der Waals surface area contributed by atoms with Gasteiger partial charge in [-0.1, -0.05) is 13.8 Å². The summed E-state index contributed by atoms with van der Waals surface area (Å²) in [5.74, 6) is 1.02. The molecule has 0 atom stereocenters. The number of aromatic nitrogens is 3. The summed E-state index contributed by atoms with van der Waals surface area (Å²) < 4.78 is 23.4. The molecular formula is C7H12ClN3O2S. The lowest BCUT2D eigenvalue weighted by atomic mass is 10.1. The van der Waals surface area contributed by atoms with Crippen LogP contribution in [0.15, 0.2) is 5.16 Å². The van der Waals surface area contributed by atoms with Crippen LogP contribution >= 0.6 is 10.7 Å². The van der Waals surface area contributed by atoms with Crippen LogP contribution in [0.25, 0.3) is 0 Å². The third-order valence-corrected chi connectivity index (χ3v) is 2.94. The molecule has 1 aromatic rings. The summed E-state index contributed by atoms with van der Waals surface area (Å²) >= 11 is 0. The van der Waals surface area contributed by atoms with Gasteiger partial charge in [-0.15, -0.1) is 10.2 Å². The minimum Gasteiger partial charge on any atom is -0.304 e. The highest BCUT2D eigenvalue weighted by Crippen LogP contribution is 2.14. The van der Waals surface area contributed by atoms with Crippen LogP contribution in [0.1, 0.15) is 19.7 Å². The van der Waals surface area contributed by atoms with E-state index in [1.54, 1.807) is 7.05 Å². The second-order valence-corrected chi connectivity index (χ2v) is 5.95. The zero-order chi connectivity index (χ0) is 10.9. The lowest BCUT2D eigenvalue weighted by Gasteiger charge is -2.03. The van der Waals surface area contributed by atoms with Crippen molar-refractivity contribution in [3.8, 4) is 0 Å². The molecule has 0 aliphatic heterocycles. The fraction of sp³-hybridized carbons (Fsp3) is 0.714. The fourth-order valence-corrected chi connectivity index (χ4v) is 2.07. The number of halogens is 1. The van der Waals surface area contributed by atoms with Crippen LogP contribution in [0.5, 0.6) is 0 Å². The van der Waals surface area contributed by atoms with E-state index in [1.165, 1.54) is 4.57 Å². The molecule has 0 saturated carbocycles. The molecule has 0 aromatic carbocycles. The molecule has 1 rings (SSSR count). The molecule has 0 unspecified atom stereocenters. The van der Waals surface area contributed by atoms with Crippen molar-refractivity contribution in [1.82, 2.24) is 14.8 Å². The average molecular weight is 238 g/mol. The molecule has 0 fully saturated rings. The maximum atomic E-state index is 11.0. The van der Waals surface area contributed by atoms with Gasteiger partial charge in [0.15, 0.2) is 0 Å². The van der Waals surface area contributed by atoms with E-state index >= 15 is 0 Å². The summed E-state index contributed by atoms with van der Waals surface area (Å²) in [6.07, 6.45) is 0.676. The van der Waals surface area contributed by atoms with Gasteiger partial charge in [0.25, 0.3) is 14.2 Å². The van der Waals surface area contributed by atoms with Crippen LogP contribution in [-0.4, -0.2) is 23.2 Å². The molecule has 5 nitrogen and oxygen atoms in total. The Morgan fingerprint density at radius 3 is 2.36 bits per heavy atom. The van der Waals surface area contributed by atoms with Gasteiger partial charge in [-0.2, -0.15) is 0 Å². The SMILES string of the molecule is CC(C)Cc1nnc(S(=O)(=O)Cl)n1C. The highest BCUT2D eigenvalue weighted by Gasteiger charge is 2.20. The first kappa shape index (κ1) is 11.5. The van der Waals surface area contributed by atoms with Gasteiger partial charge in [0.05, 0.1) is 0 Å². The van der Waals surface area contributed by atoms with Crippen molar-refractivity contribution in [2.75, 3.05) is 0 Å². The van der Waals surface area contributed by atoms with E-state index in [4.69, 9.17) is 10.7 Å². The lowest BCUT2D eigenvalue weighted by molar-refractivity contribution is 0.575. The number of nitrogens with zero attached hydrogens (tertiary/aromatic N) is 3. The first-order chi connectivity index (χ1) is 6.32. The zero-order valence-corrected chi connectivity index (χ0v) is 9.80. The smallest absolute Gasteiger partial charge is 0.296 e. The molecule has 0 radical (unpaired) electrons. The molecule has 0 bridgehead atoms. The monoisotopic (exact) mass is 237 g/mol. The van der Waals surface area contributed by atoms with Gasteiger partial charge in [-0.25, -0.2) is 8.42 Å². The molecule has 7 heteroatoms. The van der Waals surface area contributed by atoms with Crippen molar-refractivity contribution >= 4 is 19.7 Å². The van der Waals surface area contributed by atoms with Crippen molar-refractivity contribution in [3.63, 3.8) is 0 Å². The standard InChI is InChI=1S/C7H12ClN3O2S/c1-5(2)4-6-9-10-7(11(6)3)14(8,12)13/h5H,4H2,1-3H3. The van der Waals surface area contributed by atoms with E-state index in [0.717, 1.165) is 0 Å². The summed E-state index contributed by atoms with van der Waals surface area (Å²) in [5, 5.41) is 7.11. The van der Waals surface area contributed by atoms with E-state index < -0.39 is 9.05 Å². The van der Waals surface area contributed by atoms with Crippen LogP contribution in [-0.2, 0) is 22.5 Å². The van der Waals surface area contributed by atoms with Gasteiger partial charge in [-0.3, -0.25) is 0 Å². The van der Waals surface area contributed by atoms with Gasteiger partial charge in [0.1, 0.15) is 5.82 Å². The number of hydrogen-bond donors (Lipinski definition) is 0. The maximum absolute atomic E-state index is 11.0. The Bertz CT molecular complexity index is 424. The van der Waals surface area contributed by atoms with Crippen molar-refractivity contribution < 1.29 is 8.42 Å². The Morgan fingerprint density at radius 1 is 1.43 bits per heavy atom. The predicted octanol–water partition coefficient (Wildman–Crippen LogP) is 0.941. The summed E-state index contributed by atoms with van der Waals surface area (Å²) in [6.45, 7) is 4.03. The molecule has 14 heavy (non-hydrogen) atoms. The van der Waals surface area contributed by atoms with E-state index in [9.17, 15) is 8.42 Å². The molecule has 0 aliphatic carbocycles. The Labute approximate surface area is 87.5 Å². The van der Waals surface area contributed by atoms with Gasteiger partial charge in [0.2, 0.25) is 0 Å². The van der Waals surface area contributed by atoms with Crippen LogP contribution in [0.3, 0.4) is 0 Å². The summed E-state index contributed by atoms with van der Waals surface area (Å²) in [7, 11) is 2.97. The molecule has 0 amide bonds. The molecule has 1 aromatic heterocycles. The second kappa shape index (κ2) is 3.86. The average Bonchev–Trinajstić information content (AvgIpc) is 2.30. The predicted molar refractivity (Wildman–Crippen MR) is 52.6 cm³/mol. The van der Waals surface area contributed by atoms with Crippen LogP contribution in [0, 0.1) is 5.92 Å². The summed E-state index contributed by atoms with van der Waals surface area (Å²) in [6, 6.07) is 0. The first-order valence-corrected chi connectivity index (χ1v) is 6.46. The molecule has 0 saturated heterocycles. The summed E-state index contributed by atoms with van der Waals surface area (Å²) in [5.41, 5.74) is 0. The minimum atomic E-state index is -3.79. The Kier molecular flexibility index (Phi) is 3.16. The Morgan fingerprint density at radius 2 is 2.00 bits per heavy atom. The van der Waals surface area contributed by atoms with E-state index in [1.807, 2.05) is 13.8 Å². The third kappa shape index (κ3) is 2.45. The van der Waals surface area contributed by atoms with Crippen LogP contribution in [0.4, 0.5) is 0 Å². The molecule has 80 valence electrons. The van der Waals surface area contributed by atoms with Gasteiger partial charge in [0, 0.05) is 24.2 Å². The number of hydrogen-bond acceptors (Lipinski definition) is 4. The molecule has 0 spiro atoms. The van der Waals surface area contributed by atoms with E-state index in [-0.39, 0.29) is 5.16 Å². The molecular weight excluding hydrogens is 226 g/mol. The maximum Gasteiger partial charge on any atom is 0.296 e.